The minimum atomic E-state index is -0.110. The zero-order valence-corrected chi connectivity index (χ0v) is 13.9. The lowest BCUT2D eigenvalue weighted by Crippen LogP contribution is -2.24. The Hall–Kier alpha value is -2.79. The van der Waals surface area contributed by atoms with E-state index in [1.54, 1.807) is 12.3 Å². The molecule has 1 fully saturated rings. The van der Waals surface area contributed by atoms with Crippen LogP contribution in [0.4, 0.5) is 0 Å². The van der Waals surface area contributed by atoms with E-state index in [0.29, 0.717) is 18.4 Å². The van der Waals surface area contributed by atoms with Crippen LogP contribution in [0.1, 0.15) is 30.1 Å². The largest absolute Gasteiger partial charge is 0.307 e. The Kier molecular flexibility index (Phi) is 4.39. The number of pyridine rings is 1. The van der Waals surface area contributed by atoms with Crippen molar-refractivity contribution in [3.05, 3.63) is 82.5 Å². The van der Waals surface area contributed by atoms with Crippen LogP contribution in [0.2, 0.25) is 0 Å². The first-order valence-corrected chi connectivity index (χ1v) is 8.59. The molecular formula is C20H20N4O. The van der Waals surface area contributed by atoms with Gasteiger partial charge in [0, 0.05) is 36.6 Å². The predicted molar refractivity (Wildman–Crippen MR) is 96.9 cm³/mol. The molecule has 1 saturated heterocycles. The summed E-state index contributed by atoms with van der Waals surface area (Å²) in [4.78, 5) is 26.2. The lowest BCUT2D eigenvalue weighted by atomic mass is 10.1. The Morgan fingerprint density at radius 1 is 1.16 bits per heavy atom. The van der Waals surface area contributed by atoms with E-state index in [1.807, 2.05) is 42.6 Å². The summed E-state index contributed by atoms with van der Waals surface area (Å²) in [6.07, 6.45) is 5.99. The van der Waals surface area contributed by atoms with Crippen LogP contribution in [-0.2, 0) is 6.54 Å². The lowest BCUT2D eigenvalue weighted by Gasteiger charge is -2.24. The first-order chi connectivity index (χ1) is 12.3. The van der Waals surface area contributed by atoms with Gasteiger partial charge < -0.3 is 4.98 Å². The normalized spacial score (nSPS) is 17.7. The maximum Gasteiger partial charge on any atom is 0.251 e. The third-order valence-electron chi connectivity index (χ3n) is 4.64. The van der Waals surface area contributed by atoms with Crippen molar-refractivity contribution in [2.45, 2.75) is 25.4 Å². The Labute approximate surface area is 146 Å². The number of hydrogen-bond acceptors (Lipinski definition) is 4. The summed E-state index contributed by atoms with van der Waals surface area (Å²) in [5, 5.41) is 0. The molecule has 1 aromatic carbocycles. The fourth-order valence-electron chi connectivity index (χ4n) is 3.50. The summed E-state index contributed by atoms with van der Waals surface area (Å²) in [6.45, 7) is 1.68. The number of rotatable bonds is 4. The summed E-state index contributed by atoms with van der Waals surface area (Å²) in [5.74, 6) is 0.625. The molecule has 2 aromatic heterocycles. The monoisotopic (exact) mass is 332 g/mol. The second-order valence-corrected chi connectivity index (χ2v) is 6.37. The third kappa shape index (κ3) is 3.51. The van der Waals surface area contributed by atoms with Crippen LogP contribution in [0.5, 0.6) is 0 Å². The number of aromatic amines is 1. The van der Waals surface area contributed by atoms with Gasteiger partial charge in [-0.2, -0.15) is 0 Å². The molecule has 4 rings (SSSR count). The Balaban J connectivity index is 1.60. The molecule has 0 saturated carbocycles. The van der Waals surface area contributed by atoms with Crippen molar-refractivity contribution in [1.82, 2.24) is 19.9 Å². The summed E-state index contributed by atoms with van der Waals surface area (Å²) >= 11 is 0. The maximum absolute atomic E-state index is 12.1. The van der Waals surface area contributed by atoms with Gasteiger partial charge in [-0.3, -0.25) is 14.7 Å². The van der Waals surface area contributed by atoms with Gasteiger partial charge in [0.05, 0.1) is 5.69 Å². The van der Waals surface area contributed by atoms with Crippen molar-refractivity contribution in [3.63, 3.8) is 0 Å². The van der Waals surface area contributed by atoms with Crippen LogP contribution in [0.3, 0.4) is 0 Å². The van der Waals surface area contributed by atoms with E-state index in [9.17, 15) is 4.79 Å². The van der Waals surface area contributed by atoms with Gasteiger partial charge in [-0.15, -0.1) is 0 Å². The molecule has 1 unspecified atom stereocenters. The fraction of sp³-hybridized carbons (Fsp3) is 0.250. The molecule has 3 aromatic rings. The van der Waals surface area contributed by atoms with Crippen molar-refractivity contribution in [3.8, 4) is 11.4 Å². The van der Waals surface area contributed by atoms with Crippen molar-refractivity contribution >= 4 is 0 Å². The van der Waals surface area contributed by atoms with Crippen LogP contribution in [-0.4, -0.2) is 26.4 Å². The Morgan fingerprint density at radius 2 is 2.04 bits per heavy atom. The smallest absolute Gasteiger partial charge is 0.251 e. The van der Waals surface area contributed by atoms with Gasteiger partial charge in [0.2, 0.25) is 0 Å². The fourth-order valence-corrected chi connectivity index (χ4v) is 3.50. The van der Waals surface area contributed by atoms with Crippen LogP contribution in [0.25, 0.3) is 11.4 Å². The van der Waals surface area contributed by atoms with E-state index in [4.69, 9.17) is 0 Å². The second-order valence-electron chi connectivity index (χ2n) is 6.37. The van der Waals surface area contributed by atoms with Gasteiger partial charge >= 0.3 is 0 Å². The van der Waals surface area contributed by atoms with E-state index in [1.165, 1.54) is 5.56 Å². The van der Waals surface area contributed by atoms with Crippen molar-refractivity contribution in [1.29, 1.82) is 0 Å². The van der Waals surface area contributed by atoms with Crippen LogP contribution in [0, 0.1) is 0 Å². The summed E-state index contributed by atoms with van der Waals surface area (Å²) in [7, 11) is 0. The van der Waals surface area contributed by atoms with E-state index >= 15 is 0 Å². The van der Waals surface area contributed by atoms with E-state index in [2.05, 4.69) is 25.9 Å². The predicted octanol–water partition coefficient (Wildman–Crippen LogP) is 3.17. The highest BCUT2D eigenvalue weighted by Crippen LogP contribution is 2.32. The standard InChI is InChI=1S/C20H20N4O/c25-19-12-17(22-20(23-19)15-6-2-1-3-7-15)14-24-11-5-9-18(24)16-8-4-10-21-13-16/h1-4,6-8,10,12-13,18H,5,9,11,14H2,(H,22,23,25). The van der Waals surface area contributed by atoms with Crippen molar-refractivity contribution in [2.75, 3.05) is 6.54 Å². The molecule has 0 bridgehead atoms. The molecule has 1 N–H and O–H groups in total. The van der Waals surface area contributed by atoms with Gasteiger partial charge in [-0.05, 0) is 31.0 Å². The highest BCUT2D eigenvalue weighted by molar-refractivity contribution is 5.54. The Morgan fingerprint density at radius 3 is 2.84 bits per heavy atom. The molecule has 3 heterocycles. The van der Waals surface area contributed by atoms with Crippen molar-refractivity contribution < 1.29 is 0 Å². The number of nitrogens with zero attached hydrogens (tertiary/aromatic N) is 3. The molecule has 126 valence electrons. The Bertz CT molecular complexity index is 892. The molecule has 0 spiro atoms. The highest BCUT2D eigenvalue weighted by Gasteiger charge is 2.26. The van der Waals surface area contributed by atoms with E-state index in [-0.39, 0.29) is 5.56 Å². The summed E-state index contributed by atoms with van der Waals surface area (Å²) in [5.41, 5.74) is 2.85. The summed E-state index contributed by atoms with van der Waals surface area (Å²) < 4.78 is 0. The first-order valence-electron chi connectivity index (χ1n) is 8.59. The number of aromatic nitrogens is 3. The van der Waals surface area contributed by atoms with Gasteiger partial charge in [0.15, 0.2) is 0 Å². The molecule has 1 aliphatic rings. The average Bonchev–Trinajstić information content (AvgIpc) is 3.11. The molecule has 0 amide bonds. The topological polar surface area (TPSA) is 61.9 Å². The molecule has 0 aliphatic carbocycles. The number of H-pyrrole nitrogens is 1. The van der Waals surface area contributed by atoms with Gasteiger partial charge in [-0.1, -0.05) is 36.4 Å². The zero-order valence-electron chi connectivity index (χ0n) is 13.9. The zero-order chi connectivity index (χ0) is 17.1. The minimum absolute atomic E-state index is 0.110. The van der Waals surface area contributed by atoms with Crippen LogP contribution < -0.4 is 5.56 Å². The quantitative estimate of drug-likeness (QED) is 0.797. The van der Waals surface area contributed by atoms with E-state index < -0.39 is 0 Å². The number of hydrogen-bond donors (Lipinski definition) is 1. The second kappa shape index (κ2) is 6.99. The molecular weight excluding hydrogens is 312 g/mol. The molecule has 25 heavy (non-hydrogen) atoms. The molecule has 0 radical (unpaired) electrons. The van der Waals surface area contributed by atoms with Gasteiger partial charge in [0.1, 0.15) is 5.82 Å². The third-order valence-corrected chi connectivity index (χ3v) is 4.64. The van der Waals surface area contributed by atoms with Crippen molar-refractivity contribution in [2.24, 2.45) is 0 Å². The van der Waals surface area contributed by atoms with Gasteiger partial charge in [-0.25, -0.2) is 4.98 Å². The highest BCUT2D eigenvalue weighted by atomic mass is 16.1. The van der Waals surface area contributed by atoms with Gasteiger partial charge in [0.25, 0.3) is 5.56 Å². The average molecular weight is 332 g/mol. The number of nitrogens with one attached hydrogen (secondary N) is 1. The molecule has 1 atom stereocenters. The molecule has 5 nitrogen and oxygen atoms in total. The summed E-state index contributed by atoms with van der Waals surface area (Å²) in [6, 6.07) is 15.8. The SMILES string of the molecule is O=c1cc(CN2CCCC2c2cccnc2)nc(-c2ccccc2)[nH]1. The lowest BCUT2D eigenvalue weighted by molar-refractivity contribution is 0.245. The van der Waals surface area contributed by atoms with Crippen LogP contribution in [0.15, 0.2) is 65.7 Å². The number of benzene rings is 1. The molecule has 1 aliphatic heterocycles. The van der Waals surface area contributed by atoms with Crippen LogP contribution >= 0.6 is 0 Å². The van der Waals surface area contributed by atoms with E-state index in [0.717, 1.165) is 30.6 Å². The molecule has 5 heteroatoms. The minimum Gasteiger partial charge on any atom is -0.307 e. The number of likely N-dealkylation sites (tertiary alicyclic amines) is 1. The maximum atomic E-state index is 12.1. The first kappa shape index (κ1) is 15.7.